The molecule has 1 atom stereocenters. The summed E-state index contributed by atoms with van der Waals surface area (Å²) in [5.74, 6) is 0.00571. The molecule has 0 aliphatic rings. The number of sulfonamides is 1. The zero-order valence-corrected chi connectivity index (χ0v) is 13.0. The number of hydrogen-bond acceptors (Lipinski definition) is 3. The Morgan fingerprint density at radius 3 is 2.33 bits per heavy atom. The number of rotatable bonds is 7. The molecule has 0 rings (SSSR count). The molecule has 18 heavy (non-hydrogen) atoms. The van der Waals surface area contributed by atoms with Crippen molar-refractivity contribution in [2.45, 2.75) is 39.7 Å². The first kappa shape index (κ1) is 17.7. The summed E-state index contributed by atoms with van der Waals surface area (Å²) < 4.78 is 25.5. The van der Waals surface area contributed by atoms with Gasteiger partial charge in [-0.2, -0.15) is 0 Å². The molecule has 1 unspecified atom stereocenters. The average Bonchev–Trinajstić information content (AvgIpc) is 2.13. The summed E-state index contributed by atoms with van der Waals surface area (Å²) in [6.45, 7) is 7.49. The normalized spacial score (nSPS) is 14.3. The quantitative estimate of drug-likeness (QED) is 0.691. The van der Waals surface area contributed by atoms with Gasteiger partial charge in [-0.25, -0.2) is 13.1 Å². The standard InChI is InChI=1S/C11H23ClN2O3S/c1-9(7-12)8-18(16,17)13-6-5-10(15)14-11(2,3)4/h9,13H,5-8H2,1-4H3,(H,14,15). The van der Waals surface area contributed by atoms with Gasteiger partial charge in [0.2, 0.25) is 15.9 Å². The minimum absolute atomic E-state index is 0.0165. The molecule has 0 saturated carbocycles. The highest BCUT2D eigenvalue weighted by Crippen LogP contribution is 2.02. The predicted molar refractivity (Wildman–Crippen MR) is 74.2 cm³/mol. The predicted octanol–water partition coefficient (Wildman–Crippen LogP) is 1.09. The summed E-state index contributed by atoms with van der Waals surface area (Å²) in [7, 11) is -3.35. The molecule has 0 heterocycles. The zero-order valence-electron chi connectivity index (χ0n) is 11.4. The summed E-state index contributed by atoms with van der Waals surface area (Å²) in [4.78, 5) is 11.5. The molecule has 0 spiro atoms. The number of hydrogen-bond donors (Lipinski definition) is 2. The van der Waals surface area contributed by atoms with Gasteiger partial charge in [0.25, 0.3) is 0 Å². The van der Waals surface area contributed by atoms with E-state index >= 15 is 0 Å². The third-order valence-corrected chi connectivity index (χ3v) is 4.13. The zero-order chi connectivity index (χ0) is 14.4. The summed E-state index contributed by atoms with van der Waals surface area (Å²) in [5.41, 5.74) is -0.302. The lowest BCUT2D eigenvalue weighted by atomic mass is 10.1. The fraction of sp³-hybridized carbons (Fsp3) is 0.909. The van der Waals surface area contributed by atoms with E-state index in [9.17, 15) is 13.2 Å². The van der Waals surface area contributed by atoms with E-state index in [4.69, 9.17) is 11.6 Å². The van der Waals surface area contributed by atoms with Crippen LogP contribution in [-0.4, -0.2) is 38.0 Å². The molecule has 108 valence electrons. The van der Waals surface area contributed by atoms with Gasteiger partial charge in [0.05, 0.1) is 5.75 Å². The molecule has 0 saturated heterocycles. The lowest BCUT2D eigenvalue weighted by molar-refractivity contribution is -0.122. The summed E-state index contributed by atoms with van der Waals surface area (Å²) >= 11 is 5.56. The second kappa shape index (κ2) is 7.31. The Hall–Kier alpha value is -0.330. The maximum atomic E-state index is 11.6. The molecule has 5 nitrogen and oxygen atoms in total. The van der Waals surface area contributed by atoms with Crippen LogP contribution in [-0.2, 0) is 14.8 Å². The van der Waals surface area contributed by atoms with Crippen molar-refractivity contribution in [2.75, 3.05) is 18.2 Å². The van der Waals surface area contributed by atoms with Crippen molar-refractivity contribution >= 4 is 27.5 Å². The number of carbonyl (C=O) groups excluding carboxylic acids is 1. The van der Waals surface area contributed by atoms with E-state index in [2.05, 4.69) is 10.0 Å². The molecule has 0 fully saturated rings. The SMILES string of the molecule is CC(CCl)CS(=O)(=O)NCCC(=O)NC(C)(C)C. The van der Waals surface area contributed by atoms with Crippen molar-refractivity contribution in [1.29, 1.82) is 0 Å². The van der Waals surface area contributed by atoms with Crippen LogP contribution in [0.5, 0.6) is 0 Å². The van der Waals surface area contributed by atoms with Gasteiger partial charge in [-0.3, -0.25) is 4.79 Å². The van der Waals surface area contributed by atoms with Crippen LogP contribution in [0.2, 0.25) is 0 Å². The lowest BCUT2D eigenvalue weighted by Crippen LogP contribution is -2.42. The first-order valence-electron chi connectivity index (χ1n) is 5.90. The van der Waals surface area contributed by atoms with E-state index < -0.39 is 10.0 Å². The van der Waals surface area contributed by atoms with E-state index in [1.165, 1.54) is 0 Å². The van der Waals surface area contributed by atoms with E-state index in [0.717, 1.165) is 0 Å². The van der Waals surface area contributed by atoms with Crippen LogP contribution in [0.1, 0.15) is 34.1 Å². The van der Waals surface area contributed by atoms with Crippen LogP contribution in [0.4, 0.5) is 0 Å². The van der Waals surface area contributed by atoms with Crippen molar-refractivity contribution in [3.63, 3.8) is 0 Å². The minimum Gasteiger partial charge on any atom is -0.351 e. The van der Waals surface area contributed by atoms with Gasteiger partial charge < -0.3 is 5.32 Å². The molecule has 0 aromatic carbocycles. The Morgan fingerprint density at radius 1 is 1.33 bits per heavy atom. The first-order chi connectivity index (χ1) is 8.06. The number of amides is 1. The second-order valence-electron chi connectivity index (χ2n) is 5.48. The highest BCUT2D eigenvalue weighted by molar-refractivity contribution is 7.89. The Bertz CT molecular complexity index is 363. The Kier molecular flexibility index (Phi) is 7.17. The molecule has 0 bridgehead atoms. The first-order valence-corrected chi connectivity index (χ1v) is 8.09. The maximum Gasteiger partial charge on any atom is 0.221 e. The third kappa shape index (κ3) is 9.67. The summed E-state index contributed by atoms with van der Waals surface area (Å²) in [5, 5.41) is 2.76. The molecule has 7 heteroatoms. The van der Waals surface area contributed by atoms with Crippen LogP contribution in [0.25, 0.3) is 0 Å². The van der Waals surface area contributed by atoms with Crippen molar-refractivity contribution in [3.8, 4) is 0 Å². The van der Waals surface area contributed by atoms with E-state index in [-0.39, 0.29) is 36.1 Å². The lowest BCUT2D eigenvalue weighted by Gasteiger charge is -2.20. The van der Waals surface area contributed by atoms with Crippen LogP contribution in [0.15, 0.2) is 0 Å². The molecule has 0 aliphatic carbocycles. The third-order valence-electron chi connectivity index (χ3n) is 1.96. The number of halogens is 1. The average molecular weight is 299 g/mol. The topological polar surface area (TPSA) is 75.3 Å². The molecule has 0 aliphatic heterocycles. The van der Waals surface area contributed by atoms with Gasteiger partial charge in [0.1, 0.15) is 0 Å². The maximum absolute atomic E-state index is 11.6. The highest BCUT2D eigenvalue weighted by Gasteiger charge is 2.16. The van der Waals surface area contributed by atoms with E-state index in [1.807, 2.05) is 20.8 Å². The molecule has 1 amide bonds. The van der Waals surface area contributed by atoms with Crippen molar-refractivity contribution in [2.24, 2.45) is 5.92 Å². The van der Waals surface area contributed by atoms with Gasteiger partial charge in [0.15, 0.2) is 0 Å². The van der Waals surface area contributed by atoms with Crippen LogP contribution in [0.3, 0.4) is 0 Å². The molecular formula is C11H23ClN2O3S. The smallest absolute Gasteiger partial charge is 0.221 e. The largest absolute Gasteiger partial charge is 0.351 e. The Labute approximate surface area is 115 Å². The molecule has 0 aromatic heterocycles. The molecule has 0 aromatic rings. The van der Waals surface area contributed by atoms with Crippen molar-refractivity contribution in [1.82, 2.24) is 10.0 Å². The highest BCUT2D eigenvalue weighted by atomic mass is 35.5. The number of alkyl halides is 1. The molecule has 2 N–H and O–H groups in total. The second-order valence-corrected chi connectivity index (χ2v) is 7.64. The monoisotopic (exact) mass is 298 g/mol. The molecular weight excluding hydrogens is 276 g/mol. The number of carbonyl (C=O) groups is 1. The van der Waals surface area contributed by atoms with Gasteiger partial charge >= 0.3 is 0 Å². The van der Waals surface area contributed by atoms with Gasteiger partial charge in [-0.1, -0.05) is 6.92 Å². The van der Waals surface area contributed by atoms with Gasteiger partial charge in [-0.05, 0) is 26.7 Å². The summed E-state index contributed by atoms with van der Waals surface area (Å²) in [6, 6.07) is 0. The van der Waals surface area contributed by atoms with E-state index in [1.54, 1.807) is 6.92 Å². The Balaban J connectivity index is 4.01. The fourth-order valence-electron chi connectivity index (χ4n) is 1.28. The van der Waals surface area contributed by atoms with Gasteiger partial charge in [0, 0.05) is 24.4 Å². The Morgan fingerprint density at radius 2 is 1.89 bits per heavy atom. The summed E-state index contributed by atoms with van der Waals surface area (Å²) in [6.07, 6.45) is 0.131. The van der Waals surface area contributed by atoms with Crippen LogP contribution < -0.4 is 10.0 Å². The van der Waals surface area contributed by atoms with E-state index in [0.29, 0.717) is 5.88 Å². The van der Waals surface area contributed by atoms with Gasteiger partial charge in [-0.15, -0.1) is 11.6 Å². The van der Waals surface area contributed by atoms with Crippen LogP contribution >= 0.6 is 11.6 Å². The minimum atomic E-state index is -3.35. The fourth-order valence-corrected chi connectivity index (χ4v) is 2.92. The van der Waals surface area contributed by atoms with Crippen LogP contribution in [0, 0.1) is 5.92 Å². The van der Waals surface area contributed by atoms with Crippen molar-refractivity contribution < 1.29 is 13.2 Å². The number of nitrogens with one attached hydrogen (secondary N) is 2. The van der Waals surface area contributed by atoms with Crippen molar-refractivity contribution in [3.05, 3.63) is 0 Å². The molecule has 0 radical (unpaired) electrons.